The number of aromatic nitrogens is 1. The van der Waals surface area contributed by atoms with Crippen LogP contribution in [0, 0.1) is 0 Å². The van der Waals surface area contributed by atoms with E-state index in [0.717, 1.165) is 18.8 Å². The van der Waals surface area contributed by atoms with Crippen molar-refractivity contribution in [2.75, 3.05) is 20.1 Å². The first-order valence-electron chi connectivity index (χ1n) is 5.76. The van der Waals surface area contributed by atoms with Gasteiger partial charge in [0.2, 0.25) is 0 Å². The van der Waals surface area contributed by atoms with E-state index >= 15 is 0 Å². The van der Waals surface area contributed by atoms with Crippen molar-refractivity contribution in [2.45, 2.75) is 32.3 Å². The number of rotatable bonds is 2. The Labute approximate surface area is 97.4 Å². The second-order valence-electron chi connectivity index (χ2n) is 5.62. The van der Waals surface area contributed by atoms with Gasteiger partial charge in [-0.3, -0.25) is 9.88 Å². The lowest BCUT2D eigenvalue weighted by Gasteiger charge is -2.36. The third-order valence-corrected chi connectivity index (χ3v) is 2.91. The number of likely N-dealkylation sites (N-methyl/N-ethyl adjacent to an activating group) is 1. The van der Waals surface area contributed by atoms with E-state index in [9.17, 15) is 0 Å². The summed E-state index contributed by atoms with van der Waals surface area (Å²) in [4.78, 5) is 6.48. The standard InChI is InChI=1S/C13H20N2O/c1-13(2,3)10-5-11(7-14-6-10)16-12-8-15(4)9-12/h5-7,12H,8-9H2,1-4H3. The molecule has 1 aliphatic heterocycles. The minimum Gasteiger partial charge on any atom is -0.486 e. The van der Waals surface area contributed by atoms with Crippen molar-refractivity contribution in [2.24, 2.45) is 0 Å². The molecule has 1 aliphatic rings. The van der Waals surface area contributed by atoms with Crippen molar-refractivity contribution in [3.05, 3.63) is 24.0 Å². The number of hydrogen-bond acceptors (Lipinski definition) is 3. The van der Waals surface area contributed by atoms with Crippen LogP contribution in [0.25, 0.3) is 0 Å². The van der Waals surface area contributed by atoms with Gasteiger partial charge in [-0.05, 0) is 24.1 Å². The van der Waals surface area contributed by atoms with Gasteiger partial charge in [-0.1, -0.05) is 20.8 Å². The van der Waals surface area contributed by atoms with E-state index in [4.69, 9.17) is 4.74 Å². The first kappa shape index (κ1) is 11.4. The normalized spacial score (nSPS) is 18.2. The highest BCUT2D eigenvalue weighted by Crippen LogP contribution is 2.25. The Hall–Kier alpha value is -1.09. The van der Waals surface area contributed by atoms with Crippen LogP contribution in [0.4, 0.5) is 0 Å². The summed E-state index contributed by atoms with van der Waals surface area (Å²) in [7, 11) is 2.10. The molecule has 3 nitrogen and oxygen atoms in total. The summed E-state index contributed by atoms with van der Waals surface area (Å²) in [6, 6.07) is 2.10. The third-order valence-electron chi connectivity index (χ3n) is 2.91. The molecule has 0 N–H and O–H groups in total. The maximum Gasteiger partial charge on any atom is 0.138 e. The molecule has 0 aliphatic carbocycles. The molecule has 0 atom stereocenters. The lowest BCUT2D eigenvalue weighted by molar-refractivity contribution is 0.0384. The largest absolute Gasteiger partial charge is 0.486 e. The minimum absolute atomic E-state index is 0.128. The SMILES string of the molecule is CN1CC(Oc2cncc(C(C)(C)C)c2)C1. The highest BCUT2D eigenvalue weighted by molar-refractivity contribution is 5.28. The van der Waals surface area contributed by atoms with Crippen molar-refractivity contribution in [3.8, 4) is 5.75 Å². The molecular formula is C13H20N2O. The summed E-state index contributed by atoms with van der Waals surface area (Å²) < 4.78 is 5.85. The van der Waals surface area contributed by atoms with Crippen molar-refractivity contribution in [1.82, 2.24) is 9.88 Å². The topological polar surface area (TPSA) is 25.4 Å². The molecule has 1 saturated heterocycles. The zero-order valence-corrected chi connectivity index (χ0v) is 10.5. The van der Waals surface area contributed by atoms with E-state index in [1.54, 1.807) is 6.20 Å². The van der Waals surface area contributed by atoms with Crippen LogP contribution >= 0.6 is 0 Å². The molecule has 16 heavy (non-hydrogen) atoms. The van der Waals surface area contributed by atoms with Gasteiger partial charge in [0.1, 0.15) is 11.9 Å². The lowest BCUT2D eigenvalue weighted by atomic mass is 9.88. The van der Waals surface area contributed by atoms with Gasteiger partial charge < -0.3 is 4.74 Å². The monoisotopic (exact) mass is 220 g/mol. The zero-order chi connectivity index (χ0) is 11.8. The maximum atomic E-state index is 5.85. The Morgan fingerprint density at radius 2 is 2.00 bits per heavy atom. The third kappa shape index (κ3) is 2.53. The molecule has 0 radical (unpaired) electrons. The van der Waals surface area contributed by atoms with Crippen molar-refractivity contribution in [1.29, 1.82) is 0 Å². The van der Waals surface area contributed by atoms with Crippen molar-refractivity contribution >= 4 is 0 Å². The molecule has 0 unspecified atom stereocenters. The summed E-state index contributed by atoms with van der Waals surface area (Å²) in [6.45, 7) is 8.58. The highest BCUT2D eigenvalue weighted by atomic mass is 16.5. The van der Waals surface area contributed by atoms with Crippen LogP contribution in [-0.4, -0.2) is 36.1 Å². The Kier molecular flexibility index (Phi) is 2.89. The quantitative estimate of drug-likeness (QED) is 0.763. The minimum atomic E-state index is 0.128. The molecule has 0 saturated carbocycles. The fourth-order valence-electron chi connectivity index (χ4n) is 1.80. The van der Waals surface area contributed by atoms with Crippen LogP contribution in [0.3, 0.4) is 0 Å². The van der Waals surface area contributed by atoms with Crippen LogP contribution in [0.1, 0.15) is 26.3 Å². The average Bonchev–Trinajstić information content (AvgIpc) is 2.14. The van der Waals surface area contributed by atoms with Gasteiger partial charge in [-0.2, -0.15) is 0 Å². The summed E-state index contributed by atoms with van der Waals surface area (Å²) in [6.07, 6.45) is 4.05. The fraction of sp³-hybridized carbons (Fsp3) is 0.615. The van der Waals surface area contributed by atoms with Gasteiger partial charge in [-0.15, -0.1) is 0 Å². The summed E-state index contributed by atoms with van der Waals surface area (Å²) in [5.74, 6) is 0.894. The second kappa shape index (κ2) is 4.06. The van der Waals surface area contributed by atoms with Crippen LogP contribution in [0.2, 0.25) is 0 Å². The Balaban J connectivity index is 2.05. The fourth-order valence-corrected chi connectivity index (χ4v) is 1.80. The van der Waals surface area contributed by atoms with E-state index < -0.39 is 0 Å². The van der Waals surface area contributed by atoms with Gasteiger partial charge >= 0.3 is 0 Å². The first-order chi connectivity index (χ1) is 7.45. The molecule has 2 heterocycles. The highest BCUT2D eigenvalue weighted by Gasteiger charge is 2.25. The Bertz CT molecular complexity index is 364. The summed E-state index contributed by atoms with van der Waals surface area (Å²) in [5, 5.41) is 0. The van der Waals surface area contributed by atoms with Crippen molar-refractivity contribution < 1.29 is 4.74 Å². The van der Waals surface area contributed by atoms with Gasteiger partial charge in [0.05, 0.1) is 6.20 Å². The summed E-state index contributed by atoms with van der Waals surface area (Å²) >= 11 is 0. The Morgan fingerprint density at radius 1 is 1.31 bits per heavy atom. The zero-order valence-electron chi connectivity index (χ0n) is 10.5. The number of nitrogens with zero attached hydrogens (tertiary/aromatic N) is 2. The number of hydrogen-bond donors (Lipinski definition) is 0. The van der Waals surface area contributed by atoms with Crippen molar-refractivity contribution in [3.63, 3.8) is 0 Å². The van der Waals surface area contributed by atoms with Gasteiger partial charge in [0.25, 0.3) is 0 Å². The molecule has 1 aromatic rings. The maximum absolute atomic E-state index is 5.85. The molecule has 0 spiro atoms. The van der Waals surface area contributed by atoms with Gasteiger partial charge in [-0.25, -0.2) is 0 Å². The molecule has 3 heteroatoms. The number of ether oxygens (including phenoxy) is 1. The summed E-state index contributed by atoms with van der Waals surface area (Å²) in [5.41, 5.74) is 1.35. The van der Waals surface area contributed by atoms with E-state index in [2.05, 4.69) is 43.8 Å². The lowest BCUT2D eigenvalue weighted by Crippen LogP contribution is -2.51. The molecule has 88 valence electrons. The second-order valence-corrected chi connectivity index (χ2v) is 5.62. The predicted octanol–water partition coefficient (Wildman–Crippen LogP) is 2.07. The van der Waals surface area contributed by atoms with E-state index in [0.29, 0.717) is 6.10 Å². The van der Waals surface area contributed by atoms with E-state index in [1.165, 1.54) is 5.56 Å². The van der Waals surface area contributed by atoms with Crippen LogP contribution < -0.4 is 4.74 Å². The Morgan fingerprint density at radius 3 is 2.56 bits per heavy atom. The van der Waals surface area contributed by atoms with Crippen LogP contribution in [0.5, 0.6) is 5.75 Å². The number of likely N-dealkylation sites (tertiary alicyclic amines) is 1. The van der Waals surface area contributed by atoms with E-state index in [-0.39, 0.29) is 5.41 Å². The average molecular weight is 220 g/mol. The molecule has 2 rings (SSSR count). The molecule has 0 aromatic carbocycles. The van der Waals surface area contributed by atoms with Gasteiger partial charge in [0.15, 0.2) is 0 Å². The molecule has 1 fully saturated rings. The van der Waals surface area contributed by atoms with E-state index in [1.807, 2.05) is 6.20 Å². The predicted molar refractivity (Wildman–Crippen MR) is 64.9 cm³/mol. The molecule has 1 aromatic heterocycles. The van der Waals surface area contributed by atoms with Crippen LogP contribution in [0.15, 0.2) is 18.5 Å². The van der Waals surface area contributed by atoms with Gasteiger partial charge in [0, 0.05) is 19.3 Å². The van der Waals surface area contributed by atoms with Crippen LogP contribution in [-0.2, 0) is 5.41 Å². The first-order valence-corrected chi connectivity index (χ1v) is 5.76. The molecular weight excluding hydrogens is 200 g/mol. The molecule has 0 bridgehead atoms. The number of pyridine rings is 1. The molecule has 0 amide bonds. The smallest absolute Gasteiger partial charge is 0.138 e.